The number of nitrogens with zero attached hydrogens (tertiary/aromatic N) is 1. The first-order valence-electron chi connectivity index (χ1n) is 6.33. The van der Waals surface area contributed by atoms with E-state index >= 15 is 0 Å². The standard InChI is InChI=1S/C14H19NO4/c1-14(19,10-5-3-2-4-6-10)9-15-8-11(16)7-12(15)13(17)18/h2-6,11-12,16,19H,7-9H2,1H3,(H,17,18). The molecule has 0 radical (unpaired) electrons. The third kappa shape index (κ3) is 3.12. The van der Waals surface area contributed by atoms with Gasteiger partial charge in [0.2, 0.25) is 0 Å². The van der Waals surface area contributed by atoms with Crippen molar-refractivity contribution in [2.75, 3.05) is 13.1 Å². The number of carboxylic acid groups (broad SMARTS) is 1. The Morgan fingerprint density at radius 3 is 2.63 bits per heavy atom. The van der Waals surface area contributed by atoms with Crippen LogP contribution < -0.4 is 0 Å². The van der Waals surface area contributed by atoms with Gasteiger partial charge in [-0.25, -0.2) is 0 Å². The number of carbonyl (C=O) groups is 1. The molecular weight excluding hydrogens is 246 g/mol. The molecule has 0 amide bonds. The van der Waals surface area contributed by atoms with Gasteiger partial charge in [-0.1, -0.05) is 30.3 Å². The maximum absolute atomic E-state index is 11.1. The second-order valence-corrected chi connectivity index (χ2v) is 5.31. The van der Waals surface area contributed by atoms with E-state index in [2.05, 4.69) is 0 Å². The lowest BCUT2D eigenvalue weighted by Crippen LogP contribution is -2.44. The van der Waals surface area contributed by atoms with Crippen LogP contribution in [-0.2, 0) is 10.4 Å². The van der Waals surface area contributed by atoms with Crippen molar-refractivity contribution in [3.8, 4) is 0 Å². The van der Waals surface area contributed by atoms with Crippen LogP contribution >= 0.6 is 0 Å². The number of aliphatic hydroxyl groups excluding tert-OH is 1. The molecule has 1 fully saturated rings. The Bertz CT molecular complexity index is 446. The van der Waals surface area contributed by atoms with E-state index in [1.165, 1.54) is 0 Å². The van der Waals surface area contributed by atoms with Crippen LogP contribution in [0.3, 0.4) is 0 Å². The van der Waals surface area contributed by atoms with Crippen LogP contribution in [0.15, 0.2) is 30.3 Å². The molecule has 19 heavy (non-hydrogen) atoms. The van der Waals surface area contributed by atoms with Gasteiger partial charge in [0.15, 0.2) is 0 Å². The minimum Gasteiger partial charge on any atom is -0.480 e. The molecule has 1 aromatic rings. The lowest BCUT2D eigenvalue weighted by molar-refractivity contribution is -0.143. The molecule has 0 aliphatic carbocycles. The zero-order valence-corrected chi connectivity index (χ0v) is 10.9. The smallest absolute Gasteiger partial charge is 0.321 e. The highest BCUT2D eigenvalue weighted by Gasteiger charge is 2.39. The van der Waals surface area contributed by atoms with Crippen molar-refractivity contribution in [1.82, 2.24) is 4.90 Å². The summed E-state index contributed by atoms with van der Waals surface area (Å²) in [6, 6.07) is 8.41. The number of rotatable bonds is 4. The molecule has 1 aliphatic rings. The molecule has 104 valence electrons. The number of likely N-dealkylation sites (tertiary alicyclic amines) is 1. The van der Waals surface area contributed by atoms with Crippen LogP contribution in [0.5, 0.6) is 0 Å². The van der Waals surface area contributed by atoms with Crippen molar-refractivity contribution in [1.29, 1.82) is 0 Å². The van der Waals surface area contributed by atoms with Crippen molar-refractivity contribution in [2.45, 2.75) is 31.1 Å². The topological polar surface area (TPSA) is 81.0 Å². The monoisotopic (exact) mass is 265 g/mol. The molecule has 0 aromatic heterocycles. The van der Waals surface area contributed by atoms with Gasteiger partial charge in [-0.05, 0) is 12.5 Å². The van der Waals surface area contributed by atoms with E-state index < -0.39 is 23.7 Å². The highest BCUT2D eigenvalue weighted by Crippen LogP contribution is 2.26. The van der Waals surface area contributed by atoms with Gasteiger partial charge in [0.25, 0.3) is 0 Å². The van der Waals surface area contributed by atoms with Gasteiger partial charge in [0, 0.05) is 19.5 Å². The molecule has 3 unspecified atom stereocenters. The number of aliphatic carboxylic acids is 1. The first-order chi connectivity index (χ1) is 8.90. The SMILES string of the molecule is CC(O)(CN1CC(O)CC1C(=O)O)c1ccccc1. The van der Waals surface area contributed by atoms with E-state index in [1.807, 2.05) is 30.3 Å². The largest absolute Gasteiger partial charge is 0.480 e. The molecule has 3 N–H and O–H groups in total. The highest BCUT2D eigenvalue weighted by molar-refractivity contribution is 5.74. The summed E-state index contributed by atoms with van der Waals surface area (Å²) in [6.45, 7) is 2.12. The molecule has 5 nitrogen and oxygen atoms in total. The summed E-state index contributed by atoms with van der Waals surface area (Å²) in [6.07, 6.45) is -0.437. The molecule has 1 heterocycles. The summed E-state index contributed by atoms with van der Waals surface area (Å²) in [7, 11) is 0. The molecule has 5 heteroatoms. The van der Waals surface area contributed by atoms with E-state index in [4.69, 9.17) is 5.11 Å². The zero-order valence-electron chi connectivity index (χ0n) is 10.9. The number of hydrogen-bond donors (Lipinski definition) is 3. The highest BCUT2D eigenvalue weighted by atomic mass is 16.4. The van der Waals surface area contributed by atoms with Crippen LogP contribution in [0.4, 0.5) is 0 Å². The Balaban J connectivity index is 2.13. The summed E-state index contributed by atoms with van der Waals surface area (Å²) in [4.78, 5) is 12.8. The van der Waals surface area contributed by atoms with E-state index in [9.17, 15) is 15.0 Å². The van der Waals surface area contributed by atoms with E-state index in [0.29, 0.717) is 0 Å². The van der Waals surface area contributed by atoms with E-state index in [0.717, 1.165) is 5.56 Å². The third-order valence-corrected chi connectivity index (χ3v) is 3.57. The first-order valence-corrected chi connectivity index (χ1v) is 6.33. The number of carboxylic acids is 1. The predicted octanol–water partition coefficient (Wildman–Crippen LogP) is 0.414. The van der Waals surface area contributed by atoms with Gasteiger partial charge < -0.3 is 15.3 Å². The minimum atomic E-state index is -1.14. The minimum absolute atomic E-state index is 0.186. The quantitative estimate of drug-likeness (QED) is 0.735. The zero-order chi connectivity index (χ0) is 14.0. The maximum atomic E-state index is 11.1. The Labute approximate surface area is 112 Å². The molecular formula is C14H19NO4. The van der Waals surface area contributed by atoms with Crippen LogP contribution in [0.2, 0.25) is 0 Å². The molecule has 0 saturated carbocycles. The van der Waals surface area contributed by atoms with Crippen molar-refractivity contribution in [2.24, 2.45) is 0 Å². The third-order valence-electron chi connectivity index (χ3n) is 3.57. The number of hydrogen-bond acceptors (Lipinski definition) is 4. The van der Waals surface area contributed by atoms with Crippen molar-refractivity contribution in [3.63, 3.8) is 0 Å². The van der Waals surface area contributed by atoms with Crippen LogP contribution in [0, 0.1) is 0 Å². The van der Waals surface area contributed by atoms with Gasteiger partial charge >= 0.3 is 5.97 Å². The summed E-state index contributed by atoms with van der Waals surface area (Å²) in [5.41, 5.74) is -0.403. The van der Waals surface area contributed by atoms with Gasteiger partial charge in [-0.3, -0.25) is 9.69 Å². The van der Waals surface area contributed by atoms with Gasteiger partial charge in [-0.15, -0.1) is 0 Å². The molecule has 1 aliphatic heterocycles. The number of aliphatic hydroxyl groups is 2. The molecule has 1 saturated heterocycles. The van der Waals surface area contributed by atoms with Gasteiger partial charge in [0.1, 0.15) is 6.04 Å². The normalized spacial score (nSPS) is 27.1. The second kappa shape index (κ2) is 5.28. The maximum Gasteiger partial charge on any atom is 0.321 e. The van der Waals surface area contributed by atoms with Crippen LogP contribution in [-0.4, -0.2) is 51.4 Å². The summed E-state index contributed by atoms with van der Waals surface area (Å²) in [5.74, 6) is -0.958. The summed E-state index contributed by atoms with van der Waals surface area (Å²) < 4.78 is 0. The Kier molecular flexibility index (Phi) is 3.89. The van der Waals surface area contributed by atoms with Gasteiger partial charge in [-0.2, -0.15) is 0 Å². The number of benzene rings is 1. The molecule has 0 bridgehead atoms. The van der Waals surface area contributed by atoms with E-state index in [-0.39, 0.29) is 19.5 Å². The lowest BCUT2D eigenvalue weighted by atomic mass is 9.95. The Hall–Kier alpha value is -1.43. The van der Waals surface area contributed by atoms with E-state index in [1.54, 1.807) is 11.8 Å². The van der Waals surface area contributed by atoms with Crippen LogP contribution in [0.25, 0.3) is 0 Å². The number of β-amino-alcohol motifs (C(OH)–C–C–N with tert-alkyl or cyclic N) is 2. The molecule has 2 rings (SSSR count). The molecule has 3 atom stereocenters. The average molecular weight is 265 g/mol. The van der Waals surface area contributed by atoms with Crippen LogP contribution in [0.1, 0.15) is 18.9 Å². The van der Waals surface area contributed by atoms with Crippen molar-refractivity contribution < 1.29 is 20.1 Å². The molecule has 1 aromatic carbocycles. The average Bonchev–Trinajstić information content (AvgIpc) is 2.71. The molecule has 0 spiro atoms. The first kappa shape index (κ1) is 14.0. The second-order valence-electron chi connectivity index (χ2n) is 5.31. The predicted molar refractivity (Wildman–Crippen MR) is 69.6 cm³/mol. The van der Waals surface area contributed by atoms with Crippen molar-refractivity contribution >= 4 is 5.97 Å². The summed E-state index contributed by atoms with van der Waals surface area (Å²) >= 11 is 0. The Morgan fingerprint density at radius 2 is 2.05 bits per heavy atom. The fourth-order valence-electron chi connectivity index (χ4n) is 2.59. The Morgan fingerprint density at radius 1 is 1.42 bits per heavy atom. The fourth-order valence-corrected chi connectivity index (χ4v) is 2.59. The summed E-state index contributed by atoms with van der Waals surface area (Å²) in [5, 5.41) is 29.2. The van der Waals surface area contributed by atoms with Gasteiger partial charge in [0.05, 0.1) is 11.7 Å². The van der Waals surface area contributed by atoms with Crippen molar-refractivity contribution in [3.05, 3.63) is 35.9 Å². The lowest BCUT2D eigenvalue weighted by Gasteiger charge is -2.31. The fraction of sp³-hybridized carbons (Fsp3) is 0.500.